The van der Waals surface area contributed by atoms with E-state index < -0.39 is 5.60 Å². The number of rotatable bonds is 2. The summed E-state index contributed by atoms with van der Waals surface area (Å²) in [7, 11) is 0. The second-order valence-electron chi connectivity index (χ2n) is 6.50. The normalized spacial score (nSPS) is 13.2. The molecule has 0 saturated heterocycles. The number of anilines is 2. The number of carbonyl (C=O) groups is 1. The molecule has 130 valence electrons. The molecule has 0 unspecified atom stereocenters. The monoisotopic (exact) mass is 340 g/mol. The summed E-state index contributed by atoms with van der Waals surface area (Å²) < 4.78 is 5.44. The Kier molecular flexibility index (Phi) is 5.45. The highest BCUT2D eigenvalue weighted by molar-refractivity contribution is 6.10. The minimum Gasteiger partial charge on any atom is -0.444 e. The van der Waals surface area contributed by atoms with Crippen LogP contribution in [-0.2, 0) is 11.3 Å². The van der Waals surface area contributed by atoms with Crippen LogP contribution in [0.5, 0.6) is 0 Å². The number of carbonyl (C=O) groups excluding carboxylic acids is 1. The lowest BCUT2D eigenvalue weighted by atomic mass is 10.1. The number of nitrogens with zero attached hydrogens (tertiary/aromatic N) is 4. The summed E-state index contributed by atoms with van der Waals surface area (Å²) in [5.74, 6) is 0. The van der Waals surface area contributed by atoms with Gasteiger partial charge in [-0.3, -0.25) is 5.43 Å². The first kappa shape index (κ1) is 18.1. The quantitative estimate of drug-likeness (QED) is 0.632. The standard InChI is InChI=1S/C17H20N6O2/c1-17(2,3)25-16(24)23-7-6-20-15-5-4-13(8-12(15)11-23)21-22-14(9-18)10-19/h4-5,8,20-21H,6-7,11H2,1-3H3. The Bertz CT molecular complexity index is 751. The first-order valence-electron chi connectivity index (χ1n) is 7.81. The maximum atomic E-state index is 12.3. The molecule has 0 spiro atoms. The van der Waals surface area contributed by atoms with Gasteiger partial charge in [-0.2, -0.15) is 15.6 Å². The minimum absolute atomic E-state index is 0.261. The van der Waals surface area contributed by atoms with E-state index in [4.69, 9.17) is 15.3 Å². The molecule has 2 N–H and O–H groups in total. The van der Waals surface area contributed by atoms with Crippen molar-refractivity contribution >= 4 is 23.2 Å². The van der Waals surface area contributed by atoms with Crippen LogP contribution in [-0.4, -0.2) is 35.4 Å². The van der Waals surface area contributed by atoms with E-state index in [0.29, 0.717) is 25.3 Å². The zero-order valence-corrected chi connectivity index (χ0v) is 14.5. The minimum atomic E-state index is -0.553. The number of nitriles is 2. The molecular weight excluding hydrogens is 320 g/mol. The lowest BCUT2D eigenvalue weighted by Gasteiger charge is -2.26. The van der Waals surface area contributed by atoms with Crippen LogP contribution in [0.2, 0.25) is 0 Å². The number of hydrazone groups is 1. The maximum absolute atomic E-state index is 12.3. The molecular formula is C17H20N6O2. The smallest absolute Gasteiger partial charge is 0.410 e. The van der Waals surface area contributed by atoms with Gasteiger partial charge in [-0.05, 0) is 44.5 Å². The van der Waals surface area contributed by atoms with Crippen LogP contribution >= 0.6 is 0 Å². The molecule has 1 amide bonds. The molecule has 0 bridgehead atoms. The predicted molar refractivity (Wildman–Crippen MR) is 93.9 cm³/mol. The topological polar surface area (TPSA) is 114 Å². The molecule has 2 rings (SSSR count). The number of benzene rings is 1. The highest BCUT2D eigenvalue weighted by Crippen LogP contribution is 2.25. The van der Waals surface area contributed by atoms with Crippen molar-refractivity contribution in [1.82, 2.24) is 4.90 Å². The summed E-state index contributed by atoms with van der Waals surface area (Å²) >= 11 is 0. The Morgan fingerprint density at radius 1 is 1.36 bits per heavy atom. The van der Waals surface area contributed by atoms with E-state index in [9.17, 15) is 4.79 Å². The van der Waals surface area contributed by atoms with Gasteiger partial charge >= 0.3 is 6.09 Å². The Hall–Kier alpha value is -3.26. The van der Waals surface area contributed by atoms with E-state index >= 15 is 0 Å². The molecule has 25 heavy (non-hydrogen) atoms. The molecule has 1 aromatic carbocycles. The third kappa shape index (κ3) is 5.11. The van der Waals surface area contributed by atoms with Gasteiger partial charge in [0.25, 0.3) is 0 Å². The van der Waals surface area contributed by atoms with Gasteiger partial charge in [0.1, 0.15) is 17.7 Å². The van der Waals surface area contributed by atoms with Crippen LogP contribution in [0.3, 0.4) is 0 Å². The van der Waals surface area contributed by atoms with Crippen molar-refractivity contribution in [2.75, 3.05) is 23.8 Å². The van der Waals surface area contributed by atoms with E-state index in [1.165, 1.54) is 0 Å². The molecule has 1 heterocycles. The Balaban J connectivity index is 2.17. The zero-order valence-electron chi connectivity index (χ0n) is 14.5. The Morgan fingerprint density at radius 2 is 2.08 bits per heavy atom. The molecule has 1 aliphatic heterocycles. The summed E-state index contributed by atoms with van der Waals surface area (Å²) in [5, 5.41) is 24.4. The fraction of sp³-hybridized carbons (Fsp3) is 0.412. The van der Waals surface area contributed by atoms with Gasteiger partial charge in [0.2, 0.25) is 5.71 Å². The highest BCUT2D eigenvalue weighted by atomic mass is 16.6. The molecule has 8 heteroatoms. The number of hydrogen-bond acceptors (Lipinski definition) is 7. The van der Waals surface area contributed by atoms with Crippen LogP contribution < -0.4 is 10.7 Å². The fourth-order valence-electron chi connectivity index (χ4n) is 2.25. The third-order valence-corrected chi connectivity index (χ3v) is 3.32. The first-order valence-corrected chi connectivity index (χ1v) is 7.81. The molecule has 0 fully saturated rings. The van der Waals surface area contributed by atoms with Crippen molar-refractivity contribution in [1.29, 1.82) is 10.5 Å². The lowest BCUT2D eigenvalue weighted by Crippen LogP contribution is -2.37. The van der Waals surface area contributed by atoms with Crippen molar-refractivity contribution in [3.05, 3.63) is 23.8 Å². The van der Waals surface area contributed by atoms with Crippen molar-refractivity contribution in [3.63, 3.8) is 0 Å². The zero-order chi connectivity index (χ0) is 18.4. The average Bonchev–Trinajstić information content (AvgIpc) is 2.76. The van der Waals surface area contributed by atoms with Gasteiger partial charge in [-0.15, -0.1) is 0 Å². The molecule has 0 saturated carbocycles. The molecule has 0 aromatic heterocycles. The van der Waals surface area contributed by atoms with Crippen LogP contribution in [0.4, 0.5) is 16.2 Å². The van der Waals surface area contributed by atoms with E-state index in [2.05, 4.69) is 15.8 Å². The molecule has 1 aromatic rings. The van der Waals surface area contributed by atoms with Gasteiger partial charge in [-0.25, -0.2) is 4.79 Å². The molecule has 0 atom stereocenters. The van der Waals surface area contributed by atoms with E-state index in [0.717, 1.165) is 11.3 Å². The van der Waals surface area contributed by atoms with Gasteiger partial charge in [0, 0.05) is 18.8 Å². The second-order valence-corrected chi connectivity index (χ2v) is 6.50. The van der Waals surface area contributed by atoms with E-state index in [-0.39, 0.29) is 11.8 Å². The Labute approximate surface area is 146 Å². The molecule has 8 nitrogen and oxygen atoms in total. The van der Waals surface area contributed by atoms with Crippen LogP contribution in [0.15, 0.2) is 23.3 Å². The van der Waals surface area contributed by atoms with Crippen molar-refractivity contribution in [2.45, 2.75) is 32.9 Å². The first-order chi connectivity index (χ1) is 11.8. The maximum Gasteiger partial charge on any atom is 0.410 e. The van der Waals surface area contributed by atoms with E-state index in [1.54, 1.807) is 23.1 Å². The molecule has 1 aliphatic rings. The highest BCUT2D eigenvalue weighted by Gasteiger charge is 2.24. The second kappa shape index (κ2) is 7.54. The Morgan fingerprint density at radius 3 is 2.72 bits per heavy atom. The molecule has 0 aliphatic carbocycles. The lowest BCUT2D eigenvalue weighted by molar-refractivity contribution is 0.0245. The summed E-state index contributed by atoms with van der Waals surface area (Å²) in [6.07, 6.45) is -0.366. The van der Waals surface area contributed by atoms with Crippen LogP contribution in [0, 0.1) is 22.7 Å². The van der Waals surface area contributed by atoms with E-state index in [1.807, 2.05) is 32.9 Å². The summed E-state index contributed by atoms with van der Waals surface area (Å²) in [6.45, 7) is 7.02. The largest absolute Gasteiger partial charge is 0.444 e. The molecule has 0 radical (unpaired) electrons. The number of ether oxygens (including phenoxy) is 1. The van der Waals surface area contributed by atoms with Crippen molar-refractivity contribution in [3.8, 4) is 12.1 Å². The van der Waals surface area contributed by atoms with Crippen LogP contribution in [0.1, 0.15) is 26.3 Å². The average molecular weight is 340 g/mol. The van der Waals surface area contributed by atoms with Gasteiger partial charge in [0.05, 0.1) is 12.2 Å². The summed E-state index contributed by atoms with van der Waals surface area (Å²) in [5.41, 5.74) is 4.29. The van der Waals surface area contributed by atoms with Crippen molar-refractivity contribution < 1.29 is 9.53 Å². The number of amides is 1. The third-order valence-electron chi connectivity index (χ3n) is 3.32. The van der Waals surface area contributed by atoms with Gasteiger partial charge in [-0.1, -0.05) is 0 Å². The van der Waals surface area contributed by atoms with Gasteiger partial charge < -0.3 is 15.0 Å². The number of nitrogens with one attached hydrogen (secondary N) is 2. The van der Waals surface area contributed by atoms with Gasteiger partial charge in [0.15, 0.2) is 0 Å². The number of hydrogen-bond donors (Lipinski definition) is 2. The number of fused-ring (bicyclic) bond motifs is 1. The van der Waals surface area contributed by atoms with Crippen LogP contribution in [0.25, 0.3) is 0 Å². The fourth-order valence-corrected chi connectivity index (χ4v) is 2.25. The summed E-state index contributed by atoms with van der Waals surface area (Å²) in [6, 6.07) is 8.83. The SMILES string of the molecule is CC(C)(C)OC(=O)N1CCNc2ccc(NN=C(C#N)C#N)cc2C1. The summed E-state index contributed by atoms with van der Waals surface area (Å²) in [4.78, 5) is 14.0. The van der Waals surface area contributed by atoms with Crippen molar-refractivity contribution in [2.24, 2.45) is 5.10 Å². The predicted octanol–water partition coefficient (Wildman–Crippen LogP) is 2.66.